The van der Waals surface area contributed by atoms with Crippen LogP contribution in [-0.4, -0.2) is 42.3 Å². The lowest BCUT2D eigenvalue weighted by atomic mass is 10.2. The van der Waals surface area contributed by atoms with Gasteiger partial charge in [0.05, 0.1) is 4.90 Å². The number of hydrogen-bond donors (Lipinski definition) is 2. The predicted molar refractivity (Wildman–Crippen MR) is 110 cm³/mol. The highest BCUT2D eigenvalue weighted by molar-refractivity contribution is 7.89. The van der Waals surface area contributed by atoms with Gasteiger partial charge in [0.1, 0.15) is 6.04 Å². The van der Waals surface area contributed by atoms with Gasteiger partial charge in [0.25, 0.3) is 0 Å². The number of hydrogen-bond acceptors (Lipinski definition) is 4. The van der Waals surface area contributed by atoms with Crippen molar-refractivity contribution in [2.75, 3.05) is 11.9 Å². The summed E-state index contributed by atoms with van der Waals surface area (Å²) < 4.78 is 26.5. The quantitative estimate of drug-likeness (QED) is 0.679. The number of nitrogens with one attached hydrogen (secondary N) is 1. The second-order valence-corrected chi connectivity index (χ2v) is 8.84. The fourth-order valence-electron chi connectivity index (χ4n) is 3.05. The van der Waals surface area contributed by atoms with Crippen LogP contribution in [0.4, 0.5) is 5.69 Å². The number of amides is 1. The molecular formula is C20H19ClN2O5S. The number of carbonyl (C=O) groups is 2. The van der Waals surface area contributed by atoms with Crippen molar-refractivity contribution in [2.24, 2.45) is 0 Å². The van der Waals surface area contributed by atoms with E-state index in [4.69, 9.17) is 11.6 Å². The van der Waals surface area contributed by atoms with E-state index in [1.807, 2.05) is 0 Å². The third kappa shape index (κ3) is 5.03. The van der Waals surface area contributed by atoms with Crippen LogP contribution in [-0.2, 0) is 19.6 Å². The van der Waals surface area contributed by atoms with Crippen molar-refractivity contribution in [3.8, 4) is 0 Å². The molecule has 0 aromatic heterocycles. The van der Waals surface area contributed by atoms with Crippen LogP contribution in [0.1, 0.15) is 18.4 Å². The minimum Gasteiger partial charge on any atom is -0.480 e. The van der Waals surface area contributed by atoms with Crippen LogP contribution in [0.5, 0.6) is 0 Å². The van der Waals surface area contributed by atoms with Crippen LogP contribution in [0.25, 0.3) is 6.08 Å². The Morgan fingerprint density at radius 2 is 1.76 bits per heavy atom. The first kappa shape index (κ1) is 21.0. The summed E-state index contributed by atoms with van der Waals surface area (Å²) in [5.41, 5.74) is 1.23. The van der Waals surface area contributed by atoms with Crippen LogP contribution in [0.3, 0.4) is 0 Å². The number of benzene rings is 2. The fraction of sp³-hybridized carbons (Fsp3) is 0.200. The Bertz CT molecular complexity index is 1030. The molecule has 1 aliphatic heterocycles. The molecule has 0 saturated carbocycles. The summed E-state index contributed by atoms with van der Waals surface area (Å²) >= 11 is 5.81. The molecule has 0 radical (unpaired) electrons. The topological polar surface area (TPSA) is 104 Å². The Morgan fingerprint density at radius 3 is 2.38 bits per heavy atom. The standard InChI is InChI=1S/C20H19ClN2O5S/c21-15-6-3-14(4-7-15)5-12-19(24)22-16-8-10-17(11-9-16)29(27,28)23-13-1-2-18(23)20(25)26/h3-12,18H,1-2,13H2,(H,22,24)(H,25,26)/b12-5+/t18-/m0/s1. The number of carboxylic acid groups (broad SMARTS) is 1. The van der Waals surface area contributed by atoms with E-state index in [0.29, 0.717) is 23.6 Å². The van der Waals surface area contributed by atoms with Crippen molar-refractivity contribution < 1.29 is 23.1 Å². The number of halogens is 1. The van der Waals surface area contributed by atoms with Gasteiger partial charge in [0.2, 0.25) is 15.9 Å². The number of carbonyl (C=O) groups excluding carboxylic acids is 1. The number of rotatable bonds is 6. The molecule has 7 nitrogen and oxygen atoms in total. The third-order valence-electron chi connectivity index (χ3n) is 4.51. The van der Waals surface area contributed by atoms with Gasteiger partial charge in [-0.3, -0.25) is 9.59 Å². The maximum absolute atomic E-state index is 12.7. The Labute approximate surface area is 173 Å². The van der Waals surface area contributed by atoms with E-state index >= 15 is 0 Å². The molecule has 1 heterocycles. The van der Waals surface area contributed by atoms with E-state index < -0.39 is 22.0 Å². The van der Waals surface area contributed by atoms with Gasteiger partial charge in [-0.25, -0.2) is 8.42 Å². The molecule has 0 unspecified atom stereocenters. The van der Waals surface area contributed by atoms with Crippen LogP contribution in [0, 0.1) is 0 Å². The SMILES string of the molecule is O=C(/C=C/c1ccc(Cl)cc1)Nc1ccc(S(=O)(=O)N2CCC[C@H]2C(=O)O)cc1. The molecule has 1 aliphatic rings. The maximum Gasteiger partial charge on any atom is 0.322 e. The van der Waals surface area contributed by atoms with Crippen molar-refractivity contribution in [3.63, 3.8) is 0 Å². The Hall–Kier alpha value is -2.68. The lowest BCUT2D eigenvalue weighted by Crippen LogP contribution is -2.40. The predicted octanol–water partition coefficient (Wildman–Crippen LogP) is 3.23. The molecule has 2 aromatic rings. The van der Waals surface area contributed by atoms with Crippen molar-refractivity contribution >= 4 is 45.3 Å². The molecule has 0 spiro atoms. The van der Waals surface area contributed by atoms with Gasteiger partial charge in [-0.2, -0.15) is 4.31 Å². The van der Waals surface area contributed by atoms with Gasteiger partial charge in [-0.05, 0) is 60.9 Å². The lowest BCUT2D eigenvalue weighted by Gasteiger charge is -2.21. The van der Waals surface area contributed by atoms with E-state index in [0.717, 1.165) is 9.87 Å². The summed E-state index contributed by atoms with van der Waals surface area (Å²) in [6, 6.07) is 11.6. The van der Waals surface area contributed by atoms with E-state index in [9.17, 15) is 23.1 Å². The smallest absolute Gasteiger partial charge is 0.322 e. The first-order chi connectivity index (χ1) is 13.8. The Balaban J connectivity index is 1.67. The highest BCUT2D eigenvalue weighted by atomic mass is 35.5. The zero-order chi connectivity index (χ0) is 21.0. The molecule has 1 fully saturated rings. The van der Waals surface area contributed by atoms with Crippen molar-refractivity contribution in [1.82, 2.24) is 4.31 Å². The van der Waals surface area contributed by atoms with E-state index in [1.54, 1.807) is 30.3 Å². The number of carboxylic acids is 1. The summed E-state index contributed by atoms with van der Waals surface area (Å²) in [6.07, 6.45) is 3.78. The summed E-state index contributed by atoms with van der Waals surface area (Å²) in [5.74, 6) is -1.52. The average Bonchev–Trinajstić information content (AvgIpc) is 3.19. The highest BCUT2D eigenvalue weighted by Gasteiger charge is 2.39. The Morgan fingerprint density at radius 1 is 1.10 bits per heavy atom. The lowest BCUT2D eigenvalue weighted by molar-refractivity contribution is -0.140. The number of aliphatic carboxylic acids is 1. The molecular weight excluding hydrogens is 416 g/mol. The summed E-state index contributed by atoms with van der Waals surface area (Å²) in [7, 11) is -3.91. The number of nitrogens with zero attached hydrogens (tertiary/aromatic N) is 1. The van der Waals surface area contributed by atoms with Crippen molar-refractivity contribution in [1.29, 1.82) is 0 Å². The van der Waals surface area contributed by atoms with Gasteiger partial charge >= 0.3 is 5.97 Å². The number of sulfonamides is 1. The van der Waals surface area contributed by atoms with Gasteiger partial charge in [0, 0.05) is 23.3 Å². The normalized spacial score (nSPS) is 17.5. The summed E-state index contributed by atoms with van der Waals surface area (Å²) in [5, 5.41) is 12.5. The molecule has 1 atom stereocenters. The van der Waals surface area contributed by atoms with Crippen LogP contribution in [0.15, 0.2) is 59.5 Å². The summed E-state index contributed by atoms with van der Waals surface area (Å²) in [6.45, 7) is 0.174. The number of anilines is 1. The molecule has 29 heavy (non-hydrogen) atoms. The molecule has 2 N–H and O–H groups in total. The molecule has 152 valence electrons. The zero-order valence-electron chi connectivity index (χ0n) is 15.3. The molecule has 2 aromatic carbocycles. The zero-order valence-corrected chi connectivity index (χ0v) is 16.9. The second kappa shape index (κ2) is 8.77. The first-order valence-electron chi connectivity index (χ1n) is 8.87. The third-order valence-corrected chi connectivity index (χ3v) is 6.69. The Kier molecular flexibility index (Phi) is 6.36. The molecule has 1 saturated heterocycles. The molecule has 0 bridgehead atoms. The van der Waals surface area contributed by atoms with Gasteiger partial charge in [0.15, 0.2) is 0 Å². The monoisotopic (exact) mass is 434 g/mol. The van der Waals surface area contributed by atoms with E-state index in [-0.39, 0.29) is 17.3 Å². The van der Waals surface area contributed by atoms with Gasteiger partial charge in [-0.15, -0.1) is 0 Å². The largest absolute Gasteiger partial charge is 0.480 e. The minimum atomic E-state index is -3.91. The van der Waals surface area contributed by atoms with Crippen LogP contribution >= 0.6 is 11.6 Å². The molecule has 9 heteroatoms. The highest BCUT2D eigenvalue weighted by Crippen LogP contribution is 2.27. The summed E-state index contributed by atoms with van der Waals surface area (Å²) in [4.78, 5) is 23.3. The molecule has 0 aliphatic carbocycles. The van der Waals surface area contributed by atoms with Gasteiger partial charge < -0.3 is 10.4 Å². The van der Waals surface area contributed by atoms with Crippen LogP contribution in [0.2, 0.25) is 5.02 Å². The van der Waals surface area contributed by atoms with E-state index in [2.05, 4.69) is 5.32 Å². The van der Waals surface area contributed by atoms with Gasteiger partial charge in [-0.1, -0.05) is 23.7 Å². The van der Waals surface area contributed by atoms with Crippen LogP contribution < -0.4 is 5.32 Å². The van der Waals surface area contributed by atoms with Crippen molar-refractivity contribution in [2.45, 2.75) is 23.8 Å². The first-order valence-corrected chi connectivity index (χ1v) is 10.7. The van der Waals surface area contributed by atoms with E-state index in [1.165, 1.54) is 30.3 Å². The second-order valence-electron chi connectivity index (χ2n) is 6.51. The fourth-order valence-corrected chi connectivity index (χ4v) is 4.83. The maximum atomic E-state index is 12.7. The molecule has 1 amide bonds. The molecule has 3 rings (SSSR count). The minimum absolute atomic E-state index is 0.0136. The average molecular weight is 435 g/mol. The van der Waals surface area contributed by atoms with Crippen molar-refractivity contribution in [3.05, 3.63) is 65.2 Å².